The van der Waals surface area contributed by atoms with Crippen molar-refractivity contribution in [3.63, 3.8) is 0 Å². The lowest BCUT2D eigenvalue weighted by molar-refractivity contribution is -0.137. The van der Waals surface area contributed by atoms with Crippen molar-refractivity contribution in [3.8, 4) is 23.2 Å². The zero-order valence-electron chi connectivity index (χ0n) is 25.9. The molecule has 17 heteroatoms. The van der Waals surface area contributed by atoms with E-state index in [1.807, 2.05) is 17.9 Å². The smallest absolute Gasteiger partial charge is 0.417 e. The number of ether oxygens (including phenoxy) is 1. The molecule has 2 saturated heterocycles. The lowest BCUT2D eigenvalue weighted by atomic mass is 9.92. The van der Waals surface area contributed by atoms with Crippen LogP contribution in [0.25, 0.3) is 32.1 Å². The maximum atomic E-state index is 17.1. The first-order chi connectivity index (χ1) is 23.4. The first-order valence-electron chi connectivity index (χ1n) is 15.6. The summed E-state index contributed by atoms with van der Waals surface area (Å²) in [7, 11) is 0. The Labute approximate surface area is 278 Å². The van der Waals surface area contributed by atoms with Gasteiger partial charge in [-0.1, -0.05) is 11.3 Å². The van der Waals surface area contributed by atoms with Crippen LogP contribution < -0.4 is 15.4 Å². The van der Waals surface area contributed by atoms with Crippen LogP contribution in [0.15, 0.2) is 24.4 Å². The van der Waals surface area contributed by atoms with E-state index in [-0.39, 0.29) is 75.6 Å². The van der Waals surface area contributed by atoms with Crippen LogP contribution in [0.5, 0.6) is 6.01 Å². The number of anilines is 2. The molecule has 10 nitrogen and oxygen atoms in total. The van der Waals surface area contributed by atoms with Gasteiger partial charge in [-0.15, -0.1) is 16.4 Å². The summed E-state index contributed by atoms with van der Waals surface area (Å²) >= 11 is 0.688. The van der Waals surface area contributed by atoms with E-state index < -0.39 is 46.2 Å². The van der Waals surface area contributed by atoms with E-state index in [2.05, 4.69) is 20.3 Å². The minimum atomic E-state index is -5.10. The Kier molecular flexibility index (Phi) is 7.20. The van der Waals surface area contributed by atoms with E-state index in [0.717, 1.165) is 24.6 Å². The molecule has 3 unspecified atom stereocenters. The normalized spacial score (nSPS) is 22.5. The Morgan fingerprint density at radius 2 is 2.02 bits per heavy atom. The van der Waals surface area contributed by atoms with Crippen LogP contribution in [0.2, 0.25) is 0 Å². The molecule has 2 aromatic carbocycles. The number of rotatable bonds is 5. The van der Waals surface area contributed by atoms with Crippen LogP contribution in [-0.2, 0) is 19.3 Å². The number of fused-ring (bicyclic) bond motifs is 4. The fourth-order valence-electron chi connectivity index (χ4n) is 7.64. The molecule has 3 atom stereocenters. The van der Waals surface area contributed by atoms with Crippen LogP contribution in [0.3, 0.4) is 0 Å². The number of halogens is 6. The van der Waals surface area contributed by atoms with Gasteiger partial charge >= 0.3 is 12.2 Å². The van der Waals surface area contributed by atoms with Gasteiger partial charge < -0.3 is 15.4 Å². The van der Waals surface area contributed by atoms with Gasteiger partial charge in [0.1, 0.15) is 41.0 Å². The molecule has 8 rings (SSSR count). The van der Waals surface area contributed by atoms with E-state index in [9.17, 15) is 27.2 Å². The topological polar surface area (TPSA) is 122 Å². The lowest BCUT2D eigenvalue weighted by Crippen LogP contribution is -2.44. The van der Waals surface area contributed by atoms with Gasteiger partial charge in [-0.2, -0.15) is 28.4 Å². The number of hydrogen-bond acceptors (Lipinski definition) is 10. The first kappa shape index (κ1) is 31.6. The number of alkyl halides is 4. The standard InChI is InChI=1S/C32H27F6N9OS/c1-15-11-47-17(10-41-44-47)13-46(15)29-19-7-21(32(36,37)38)24(18-3-4-22(34)27-23(18)20(9-39)28(40)49-27)25(35)26(19)42-30(43-29)48-14-31-5-2-6-45(31)12-16(33)8-31/h3-4,7,10,15-16H,2,5-6,8,11-14,40H2,1H3. The van der Waals surface area contributed by atoms with Crippen molar-refractivity contribution in [2.45, 2.75) is 63.2 Å². The van der Waals surface area contributed by atoms with Crippen molar-refractivity contribution in [2.75, 3.05) is 30.3 Å². The summed E-state index contributed by atoms with van der Waals surface area (Å²) < 4.78 is 99.1. The van der Waals surface area contributed by atoms with Crippen molar-refractivity contribution in [1.82, 2.24) is 29.9 Å². The van der Waals surface area contributed by atoms with Crippen LogP contribution in [0.4, 0.5) is 37.2 Å². The molecule has 0 amide bonds. The zero-order chi connectivity index (χ0) is 34.4. The number of nitrogen functional groups attached to an aromatic ring is 1. The van der Waals surface area contributed by atoms with Gasteiger partial charge in [0.05, 0.1) is 46.3 Å². The number of aromatic nitrogens is 5. The van der Waals surface area contributed by atoms with E-state index in [0.29, 0.717) is 36.5 Å². The van der Waals surface area contributed by atoms with Crippen molar-refractivity contribution in [2.24, 2.45) is 0 Å². The van der Waals surface area contributed by atoms with Crippen molar-refractivity contribution in [1.29, 1.82) is 5.26 Å². The molecular weight excluding hydrogens is 672 g/mol. The van der Waals surface area contributed by atoms with Crippen LogP contribution >= 0.6 is 11.3 Å². The molecule has 0 spiro atoms. The Morgan fingerprint density at radius 3 is 2.80 bits per heavy atom. The summed E-state index contributed by atoms with van der Waals surface area (Å²) in [6, 6.07) is 3.87. The van der Waals surface area contributed by atoms with Crippen molar-refractivity contribution in [3.05, 3.63) is 52.9 Å². The lowest BCUT2D eigenvalue weighted by Gasteiger charge is -2.35. The van der Waals surface area contributed by atoms with Crippen molar-refractivity contribution < 1.29 is 31.1 Å². The SMILES string of the molecule is CC1Cn2nncc2CN1c1nc(OCC23CCCN2CC(F)C3)nc2c(F)c(-c3ccc(F)c4sc(N)c(C#N)c34)c(C(F)(F)F)cc12. The summed E-state index contributed by atoms with van der Waals surface area (Å²) in [6.07, 6.45) is -2.85. The van der Waals surface area contributed by atoms with Gasteiger partial charge in [-0.3, -0.25) is 4.90 Å². The van der Waals surface area contributed by atoms with Crippen molar-refractivity contribution >= 4 is 43.1 Å². The molecule has 254 valence electrons. The molecule has 3 aliphatic heterocycles. The minimum Gasteiger partial charge on any atom is -0.461 e. The van der Waals surface area contributed by atoms with Gasteiger partial charge in [0, 0.05) is 35.3 Å². The highest BCUT2D eigenvalue weighted by molar-refractivity contribution is 7.23. The predicted octanol–water partition coefficient (Wildman–Crippen LogP) is 6.22. The maximum absolute atomic E-state index is 17.1. The highest BCUT2D eigenvalue weighted by Crippen LogP contribution is 2.48. The second-order valence-electron chi connectivity index (χ2n) is 12.8. The number of hydrogen-bond donors (Lipinski definition) is 1. The minimum absolute atomic E-state index is 0.00197. The van der Waals surface area contributed by atoms with E-state index >= 15 is 4.39 Å². The van der Waals surface area contributed by atoms with E-state index in [1.54, 1.807) is 9.58 Å². The third-order valence-corrected chi connectivity index (χ3v) is 10.9. The second kappa shape index (κ2) is 11.2. The quantitative estimate of drug-likeness (QED) is 0.213. The molecule has 0 saturated carbocycles. The third-order valence-electron chi connectivity index (χ3n) is 9.90. The number of benzene rings is 2. The van der Waals surface area contributed by atoms with E-state index in [1.165, 1.54) is 6.20 Å². The van der Waals surface area contributed by atoms with Crippen LogP contribution in [0.1, 0.15) is 43.0 Å². The monoisotopic (exact) mass is 699 g/mol. The van der Waals surface area contributed by atoms with Crippen LogP contribution in [-0.4, -0.2) is 67.3 Å². The molecule has 3 aromatic heterocycles. The molecule has 0 aliphatic carbocycles. The molecular formula is C32H27F6N9OS. The average molecular weight is 700 g/mol. The van der Waals surface area contributed by atoms with Crippen LogP contribution in [0, 0.1) is 23.0 Å². The predicted molar refractivity (Wildman–Crippen MR) is 169 cm³/mol. The summed E-state index contributed by atoms with van der Waals surface area (Å²) in [5.41, 5.74) is 2.64. The highest BCUT2D eigenvalue weighted by atomic mass is 32.1. The molecule has 0 bridgehead atoms. The zero-order valence-corrected chi connectivity index (χ0v) is 26.7. The summed E-state index contributed by atoms with van der Waals surface area (Å²) in [5.74, 6) is -2.18. The first-order valence-corrected chi connectivity index (χ1v) is 16.4. The fourth-order valence-corrected chi connectivity index (χ4v) is 8.58. The number of nitrogens with two attached hydrogens (primary N) is 1. The third kappa shape index (κ3) is 4.94. The molecule has 5 aromatic rings. The fraction of sp³-hybridized carbons (Fsp3) is 0.406. The Balaban J connectivity index is 1.37. The summed E-state index contributed by atoms with van der Waals surface area (Å²) in [5, 5.41) is 17.2. The van der Waals surface area contributed by atoms with E-state index in [4.69, 9.17) is 10.5 Å². The highest BCUT2D eigenvalue weighted by Gasteiger charge is 2.49. The molecule has 2 fully saturated rings. The summed E-state index contributed by atoms with van der Waals surface area (Å²) in [6.45, 7) is 3.25. The van der Waals surface area contributed by atoms with Gasteiger partial charge in [-0.25, -0.2) is 17.9 Å². The van der Waals surface area contributed by atoms with Gasteiger partial charge in [0.2, 0.25) is 0 Å². The van der Waals surface area contributed by atoms with Gasteiger partial charge in [-0.05, 0) is 44.0 Å². The largest absolute Gasteiger partial charge is 0.461 e. The molecule has 2 N–H and O–H groups in total. The second-order valence-corrected chi connectivity index (χ2v) is 13.9. The summed E-state index contributed by atoms with van der Waals surface area (Å²) in [4.78, 5) is 12.6. The number of thiophene rings is 1. The number of nitriles is 1. The molecule has 49 heavy (non-hydrogen) atoms. The maximum Gasteiger partial charge on any atom is 0.417 e. The average Bonchev–Trinajstić information content (AvgIpc) is 3.81. The Morgan fingerprint density at radius 1 is 1.20 bits per heavy atom. The molecule has 0 radical (unpaired) electrons. The Hall–Kier alpha value is -4.69. The Bertz CT molecular complexity index is 2200. The number of nitrogens with zero attached hydrogens (tertiary/aromatic N) is 8. The molecule has 3 aliphatic rings. The molecule has 6 heterocycles. The van der Waals surface area contributed by atoms with Gasteiger partial charge in [0.25, 0.3) is 0 Å². The van der Waals surface area contributed by atoms with Gasteiger partial charge in [0.15, 0.2) is 5.82 Å².